The summed E-state index contributed by atoms with van der Waals surface area (Å²) in [5.74, 6) is 0.972. The summed E-state index contributed by atoms with van der Waals surface area (Å²) in [6, 6.07) is 10.5. The van der Waals surface area contributed by atoms with Gasteiger partial charge in [0, 0.05) is 31.4 Å². The SMILES string of the molecule is CNC(=O)Nc1ccc(-c2ccc(C(=O)N3CCCCC3)o2)cc1. The molecule has 1 saturated heterocycles. The van der Waals surface area contributed by atoms with Gasteiger partial charge in [0.2, 0.25) is 0 Å². The van der Waals surface area contributed by atoms with Crippen molar-refractivity contribution in [3.63, 3.8) is 0 Å². The number of likely N-dealkylation sites (tertiary alicyclic amines) is 1. The molecule has 6 heteroatoms. The Hall–Kier alpha value is -2.76. The number of carbonyl (C=O) groups excluding carboxylic acids is 2. The van der Waals surface area contributed by atoms with Gasteiger partial charge in [0.1, 0.15) is 5.76 Å². The third-order valence-corrected chi connectivity index (χ3v) is 4.11. The van der Waals surface area contributed by atoms with E-state index in [9.17, 15) is 9.59 Å². The van der Waals surface area contributed by atoms with Crippen molar-refractivity contribution < 1.29 is 14.0 Å². The highest BCUT2D eigenvalue weighted by Crippen LogP contribution is 2.25. The number of hydrogen-bond donors (Lipinski definition) is 2. The number of furan rings is 1. The van der Waals surface area contributed by atoms with Gasteiger partial charge in [-0.25, -0.2) is 4.79 Å². The van der Waals surface area contributed by atoms with E-state index in [-0.39, 0.29) is 11.9 Å². The maximum atomic E-state index is 12.4. The van der Waals surface area contributed by atoms with Gasteiger partial charge in [-0.1, -0.05) is 0 Å². The van der Waals surface area contributed by atoms with E-state index in [0.717, 1.165) is 31.5 Å². The monoisotopic (exact) mass is 327 g/mol. The number of carbonyl (C=O) groups is 2. The van der Waals surface area contributed by atoms with Crippen LogP contribution >= 0.6 is 0 Å². The topological polar surface area (TPSA) is 74.6 Å². The number of nitrogens with zero attached hydrogens (tertiary/aromatic N) is 1. The highest BCUT2D eigenvalue weighted by Gasteiger charge is 2.21. The molecule has 1 aliphatic rings. The fourth-order valence-corrected chi connectivity index (χ4v) is 2.77. The van der Waals surface area contributed by atoms with Gasteiger partial charge in [-0.2, -0.15) is 0 Å². The number of anilines is 1. The second-order valence-corrected chi connectivity index (χ2v) is 5.80. The average Bonchev–Trinajstić information content (AvgIpc) is 3.12. The van der Waals surface area contributed by atoms with Crippen LogP contribution in [-0.2, 0) is 0 Å². The predicted molar refractivity (Wildman–Crippen MR) is 92.0 cm³/mol. The number of amides is 3. The lowest BCUT2D eigenvalue weighted by Crippen LogP contribution is -2.35. The van der Waals surface area contributed by atoms with Gasteiger partial charge in [0.25, 0.3) is 5.91 Å². The molecule has 1 aromatic heterocycles. The lowest BCUT2D eigenvalue weighted by Gasteiger charge is -2.25. The molecule has 1 aliphatic heterocycles. The first kappa shape index (κ1) is 16.1. The maximum absolute atomic E-state index is 12.4. The third-order valence-electron chi connectivity index (χ3n) is 4.11. The summed E-state index contributed by atoms with van der Waals surface area (Å²) < 4.78 is 5.74. The van der Waals surface area contributed by atoms with Crippen molar-refractivity contribution in [2.24, 2.45) is 0 Å². The lowest BCUT2D eigenvalue weighted by atomic mass is 10.1. The first-order valence-corrected chi connectivity index (χ1v) is 8.15. The number of benzene rings is 1. The quantitative estimate of drug-likeness (QED) is 0.908. The van der Waals surface area contributed by atoms with Gasteiger partial charge in [-0.15, -0.1) is 0 Å². The van der Waals surface area contributed by atoms with Crippen molar-refractivity contribution in [1.82, 2.24) is 10.2 Å². The molecule has 3 rings (SSSR count). The second-order valence-electron chi connectivity index (χ2n) is 5.80. The molecule has 0 spiro atoms. The molecular weight excluding hydrogens is 306 g/mol. The Morgan fingerprint density at radius 2 is 1.71 bits per heavy atom. The Morgan fingerprint density at radius 1 is 1.00 bits per heavy atom. The van der Waals surface area contributed by atoms with E-state index >= 15 is 0 Å². The van der Waals surface area contributed by atoms with Crippen LogP contribution in [0.3, 0.4) is 0 Å². The highest BCUT2D eigenvalue weighted by atomic mass is 16.4. The van der Waals surface area contributed by atoms with Crippen LogP contribution in [-0.4, -0.2) is 37.0 Å². The predicted octanol–water partition coefficient (Wildman–Crippen LogP) is 3.32. The summed E-state index contributed by atoms with van der Waals surface area (Å²) in [6.45, 7) is 1.60. The molecule has 126 valence electrons. The van der Waals surface area contributed by atoms with Gasteiger partial charge in [0.05, 0.1) is 0 Å². The summed E-state index contributed by atoms with van der Waals surface area (Å²) >= 11 is 0. The van der Waals surface area contributed by atoms with Crippen LogP contribution in [0.4, 0.5) is 10.5 Å². The number of nitrogens with one attached hydrogen (secondary N) is 2. The summed E-state index contributed by atoms with van der Waals surface area (Å²) in [5, 5.41) is 5.19. The molecule has 0 bridgehead atoms. The zero-order valence-corrected chi connectivity index (χ0v) is 13.7. The van der Waals surface area contributed by atoms with Gasteiger partial charge in [-0.3, -0.25) is 4.79 Å². The lowest BCUT2D eigenvalue weighted by molar-refractivity contribution is 0.0693. The van der Waals surface area contributed by atoms with Gasteiger partial charge in [0.15, 0.2) is 5.76 Å². The van der Waals surface area contributed by atoms with Gasteiger partial charge < -0.3 is 20.0 Å². The second kappa shape index (κ2) is 7.21. The van der Waals surface area contributed by atoms with Crippen LogP contribution in [0, 0.1) is 0 Å². The van der Waals surface area contributed by atoms with Crippen molar-refractivity contribution in [1.29, 1.82) is 0 Å². The zero-order valence-electron chi connectivity index (χ0n) is 13.7. The number of urea groups is 1. The molecule has 2 N–H and O–H groups in total. The number of hydrogen-bond acceptors (Lipinski definition) is 3. The first-order valence-electron chi connectivity index (χ1n) is 8.15. The standard InChI is InChI=1S/C18H21N3O3/c1-19-18(23)20-14-7-5-13(6-8-14)15-9-10-16(24-15)17(22)21-11-3-2-4-12-21/h5-10H,2-4,11-12H2,1H3,(H2,19,20,23). The minimum atomic E-state index is -0.268. The molecule has 2 heterocycles. The largest absolute Gasteiger partial charge is 0.451 e. The molecule has 1 aromatic carbocycles. The molecule has 3 amide bonds. The Kier molecular flexibility index (Phi) is 4.84. The molecule has 1 fully saturated rings. The normalized spacial score (nSPS) is 14.3. The van der Waals surface area contributed by atoms with E-state index in [2.05, 4.69) is 10.6 Å². The molecule has 0 aliphatic carbocycles. The number of piperidine rings is 1. The smallest absolute Gasteiger partial charge is 0.318 e. The van der Waals surface area contributed by atoms with Crippen molar-refractivity contribution >= 4 is 17.6 Å². The van der Waals surface area contributed by atoms with Crippen molar-refractivity contribution in [3.05, 3.63) is 42.2 Å². The summed E-state index contributed by atoms with van der Waals surface area (Å²) in [6.07, 6.45) is 3.29. The minimum Gasteiger partial charge on any atom is -0.451 e. The average molecular weight is 327 g/mol. The Labute approximate surface area is 140 Å². The Bertz CT molecular complexity index is 715. The van der Waals surface area contributed by atoms with E-state index in [1.54, 1.807) is 31.3 Å². The van der Waals surface area contributed by atoms with Crippen molar-refractivity contribution in [2.45, 2.75) is 19.3 Å². The molecule has 0 atom stereocenters. The first-order chi connectivity index (χ1) is 11.7. The van der Waals surface area contributed by atoms with Crippen molar-refractivity contribution in [3.8, 4) is 11.3 Å². The summed E-state index contributed by atoms with van der Waals surface area (Å²) in [4.78, 5) is 25.6. The van der Waals surface area contributed by atoms with Crippen molar-refractivity contribution in [2.75, 3.05) is 25.5 Å². The molecule has 0 saturated carbocycles. The summed E-state index contributed by atoms with van der Waals surface area (Å²) in [7, 11) is 1.56. The van der Waals surface area contributed by atoms with E-state index < -0.39 is 0 Å². The Balaban J connectivity index is 1.70. The number of rotatable bonds is 3. The van der Waals surface area contributed by atoms with Crippen LogP contribution in [0.5, 0.6) is 0 Å². The molecule has 0 unspecified atom stereocenters. The zero-order chi connectivity index (χ0) is 16.9. The van der Waals surface area contributed by atoms with Crippen LogP contribution < -0.4 is 10.6 Å². The fourth-order valence-electron chi connectivity index (χ4n) is 2.77. The van der Waals surface area contributed by atoms with Gasteiger partial charge >= 0.3 is 6.03 Å². The van der Waals surface area contributed by atoms with E-state index in [1.807, 2.05) is 17.0 Å². The minimum absolute atomic E-state index is 0.0427. The molecule has 2 aromatic rings. The van der Waals surface area contributed by atoms with Crippen LogP contribution in [0.2, 0.25) is 0 Å². The molecule has 24 heavy (non-hydrogen) atoms. The van der Waals surface area contributed by atoms with Crippen LogP contribution in [0.25, 0.3) is 11.3 Å². The molecular formula is C18H21N3O3. The van der Waals surface area contributed by atoms with E-state index in [1.165, 1.54) is 6.42 Å². The van der Waals surface area contributed by atoms with Crippen LogP contribution in [0.1, 0.15) is 29.8 Å². The maximum Gasteiger partial charge on any atom is 0.318 e. The van der Waals surface area contributed by atoms with E-state index in [0.29, 0.717) is 17.2 Å². The molecule has 6 nitrogen and oxygen atoms in total. The molecule has 0 radical (unpaired) electrons. The highest BCUT2D eigenvalue weighted by molar-refractivity contribution is 5.92. The Morgan fingerprint density at radius 3 is 2.38 bits per heavy atom. The fraction of sp³-hybridized carbons (Fsp3) is 0.333. The van der Waals surface area contributed by atoms with Crippen LogP contribution in [0.15, 0.2) is 40.8 Å². The van der Waals surface area contributed by atoms with Gasteiger partial charge in [-0.05, 0) is 55.7 Å². The van der Waals surface area contributed by atoms with E-state index in [4.69, 9.17) is 4.42 Å². The third kappa shape index (κ3) is 3.59. The summed E-state index contributed by atoms with van der Waals surface area (Å²) in [5.41, 5.74) is 1.55.